The normalized spacial score (nSPS) is 20.5. The van der Waals surface area contributed by atoms with Gasteiger partial charge in [-0.25, -0.2) is 0 Å². The number of carbonyl (C=O) groups excluding carboxylic acids is 1. The largest absolute Gasteiger partial charge is 0.355 e. The summed E-state index contributed by atoms with van der Waals surface area (Å²) in [7, 11) is 0. The summed E-state index contributed by atoms with van der Waals surface area (Å²) in [5.41, 5.74) is 1.68. The Balaban J connectivity index is 2.35. The Bertz CT molecular complexity index is 715. The first-order chi connectivity index (χ1) is 9.16. The standard InChI is InChI=1S/C16H12N2O/c1-16(10-17)12-7-3-5-9-14(12)18-13-8-4-2-6-11(13)15(16)19/h2-9,18H,1H3/t16-/m1/s1. The minimum absolute atomic E-state index is 0.164. The average molecular weight is 248 g/mol. The number of rotatable bonds is 0. The van der Waals surface area contributed by atoms with Crippen molar-refractivity contribution in [2.45, 2.75) is 12.3 Å². The average Bonchev–Trinajstić information content (AvgIpc) is 2.55. The zero-order chi connectivity index (χ0) is 13.5. The molecule has 1 aliphatic rings. The van der Waals surface area contributed by atoms with Crippen molar-refractivity contribution in [1.29, 1.82) is 5.26 Å². The van der Waals surface area contributed by atoms with Crippen molar-refractivity contribution in [3.63, 3.8) is 0 Å². The molecule has 0 saturated carbocycles. The molecule has 0 saturated heterocycles. The van der Waals surface area contributed by atoms with Crippen molar-refractivity contribution < 1.29 is 4.79 Å². The number of ketones is 1. The maximum Gasteiger partial charge on any atom is 0.189 e. The van der Waals surface area contributed by atoms with Crippen molar-refractivity contribution in [1.82, 2.24) is 0 Å². The Morgan fingerprint density at radius 1 is 1.05 bits per heavy atom. The first kappa shape index (κ1) is 11.5. The van der Waals surface area contributed by atoms with Gasteiger partial charge < -0.3 is 5.32 Å². The first-order valence-corrected chi connectivity index (χ1v) is 6.08. The fourth-order valence-electron chi connectivity index (χ4n) is 2.47. The van der Waals surface area contributed by atoms with Crippen LogP contribution in [0.5, 0.6) is 0 Å². The van der Waals surface area contributed by atoms with E-state index in [4.69, 9.17) is 0 Å². The van der Waals surface area contributed by atoms with Crippen LogP contribution in [0.1, 0.15) is 22.8 Å². The lowest BCUT2D eigenvalue weighted by atomic mass is 9.77. The monoisotopic (exact) mass is 248 g/mol. The molecule has 0 aromatic heterocycles. The minimum Gasteiger partial charge on any atom is -0.355 e. The van der Waals surface area contributed by atoms with Gasteiger partial charge in [0.05, 0.1) is 6.07 Å². The number of para-hydroxylation sites is 2. The molecule has 92 valence electrons. The summed E-state index contributed by atoms with van der Waals surface area (Å²) in [5, 5.41) is 12.8. The number of hydrogen-bond donors (Lipinski definition) is 1. The van der Waals surface area contributed by atoms with Gasteiger partial charge in [0.2, 0.25) is 0 Å². The Kier molecular flexibility index (Phi) is 2.39. The lowest BCUT2D eigenvalue weighted by molar-refractivity contribution is 0.0933. The number of fused-ring (bicyclic) bond motifs is 2. The topological polar surface area (TPSA) is 52.9 Å². The molecule has 0 spiro atoms. The molecule has 1 aliphatic heterocycles. The van der Waals surface area contributed by atoms with E-state index in [9.17, 15) is 10.1 Å². The lowest BCUT2D eigenvalue weighted by Crippen LogP contribution is -2.30. The molecule has 3 nitrogen and oxygen atoms in total. The fraction of sp³-hybridized carbons (Fsp3) is 0.125. The van der Waals surface area contributed by atoms with Crippen LogP contribution in [0.3, 0.4) is 0 Å². The van der Waals surface area contributed by atoms with Gasteiger partial charge in [0.1, 0.15) is 5.41 Å². The number of nitrogens with zero attached hydrogens (tertiary/aromatic N) is 1. The van der Waals surface area contributed by atoms with E-state index in [0.717, 1.165) is 16.9 Å². The number of Topliss-reactive ketones (excluding diaryl/α,β-unsaturated/α-hetero) is 1. The van der Waals surface area contributed by atoms with Gasteiger partial charge in [-0.05, 0) is 25.1 Å². The zero-order valence-electron chi connectivity index (χ0n) is 10.5. The van der Waals surface area contributed by atoms with Crippen molar-refractivity contribution in [2.75, 3.05) is 5.32 Å². The molecule has 0 unspecified atom stereocenters. The Labute approximate surface area is 111 Å². The van der Waals surface area contributed by atoms with E-state index in [1.807, 2.05) is 42.5 Å². The van der Waals surface area contributed by atoms with Gasteiger partial charge in [-0.15, -0.1) is 0 Å². The Morgan fingerprint density at radius 2 is 1.68 bits per heavy atom. The number of nitrogens with one attached hydrogen (secondary N) is 1. The molecule has 1 N–H and O–H groups in total. The van der Waals surface area contributed by atoms with Crippen molar-refractivity contribution in [3.8, 4) is 6.07 Å². The van der Waals surface area contributed by atoms with Crippen LogP contribution in [-0.2, 0) is 5.41 Å². The van der Waals surface area contributed by atoms with Crippen LogP contribution in [0, 0.1) is 11.3 Å². The van der Waals surface area contributed by atoms with Crippen molar-refractivity contribution >= 4 is 17.2 Å². The van der Waals surface area contributed by atoms with Crippen LogP contribution < -0.4 is 5.32 Å². The SMILES string of the molecule is C[C@]1(C#N)C(=O)c2ccccc2Nc2ccccc21. The molecule has 1 atom stereocenters. The molecule has 1 heterocycles. The second-order valence-corrected chi connectivity index (χ2v) is 4.78. The lowest BCUT2D eigenvalue weighted by Gasteiger charge is -2.20. The highest BCUT2D eigenvalue weighted by Gasteiger charge is 2.40. The van der Waals surface area contributed by atoms with Gasteiger partial charge in [0, 0.05) is 22.5 Å². The van der Waals surface area contributed by atoms with Crippen LogP contribution in [0.2, 0.25) is 0 Å². The molecular weight excluding hydrogens is 236 g/mol. The summed E-state index contributed by atoms with van der Waals surface area (Å²) in [4.78, 5) is 12.7. The molecule has 2 aromatic carbocycles. The molecule has 0 radical (unpaired) electrons. The predicted molar refractivity (Wildman–Crippen MR) is 73.5 cm³/mol. The molecular formula is C16H12N2O. The Hall–Kier alpha value is -2.60. The maximum atomic E-state index is 12.7. The van der Waals surface area contributed by atoms with E-state index >= 15 is 0 Å². The van der Waals surface area contributed by atoms with E-state index in [2.05, 4.69) is 11.4 Å². The molecule has 3 rings (SSSR count). The summed E-state index contributed by atoms with van der Waals surface area (Å²) < 4.78 is 0. The van der Waals surface area contributed by atoms with Crippen LogP contribution in [0.15, 0.2) is 48.5 Å². The first-order valence-electron chi connectivity index (χ1n) is 6.08. The second-order valence-electron chi connectivity index (χ2n) is 4.78. The van der Waals surface area contributed by atoms with E-state index < -0.39 is 5.41 Å². The third-order valence-electron chi connectivity index (χ3n) is 3.58. The summed E-state index contributed by atoms with van der Waals surface area (Å²) in [5.74, 6) is -0.164. The van der Waals surface area contributed by atoms with Crippen molar-refractivity contribution in [3.05, 3.63) is 59.7 Å². The molecule has 0 fully saturated rings. The highest BCUT2D eigenvalue weighted by Crippen LogP contribution is 2.39. The number of carbonyl (C=O) groups is 1. The summed E-state index contributed by atoms with van der Waals surface area (Å²) in [6.45, 7) is 1.68. The van der Waals surface area contributed by atoms with E-state index in [0.29, 0.717) is 5.56 Å². The van der Waals surface area contributed by atoms with Gasteiger partial charge in [-0.2, -0.15) is 5.26 Å². The minimum atomic E-state index is -1.16. The number of hydrogen-bond acceptors (Lipinski definition) is 3. The number of nitriles is 1. The molecule has 0 bridgehead atoms. The van der Waals surface area contributed by atoms with Gasteiger partial charge in [-0.1, -0.05) is 30.3 Å². The van der Waals surface area contributed by atoms with E-state index in [1.54, 1.807) is 13.0 Å². The van der Waals surface area contributed by atoms with Crippen LogP contribution in [-0.4, -0.2) is 5.78 Å². The molecule has 0 aliphatic carbocycles. The summed E-state index contributed by atoms with van der Waals surface area (Å²) in [6, 6.07) is 16.9. The molecule has 3 heteroatoms. The second kappa shape index (κ2) is 3.96. The quantitative estimate of drug-likeness (QED) is 0.777. The number of anilines is 2. The van der Waals surface area contributed by atoms with Gasteiger partial charge in [0.25, 0.3) is 0 Å². The predicted octanol–water partition coefficient (Wildman–Crippen LogP) is 3.41. The van der Waals surface area contributed by atoms with Crippen LogP contribution >= 0.6 is 0 Å². The third-order valence-corrected chi connectivity index (χ3v) is 3.58. The smallest absolute Gasteiger partial charge is 0.189 e. The van der Waals surface area contributed by atoms with Crippen LogP contribution in [0.4, 0.5) is 11.4 Å². The molecule has 2 aromatic rings. The van der Waals surface area contributed by atoms with Gasteiger partial charge in [0.15, 0.2) is 5.78 Å². The fourth-order valence-corrected chi connectivity index (χ4v) is 2.47. The summed E-state index contributed by atoms with van der Waals surface area (Å²) in [6.07, 6.45) is 0. The highest BCUT2D eigenvalue weighted by atomic mass is 16.1. The number of benzene rings is 2. The van der Waals surface area contributed by atoms with Gasteiger partial charge >= 0.3 is 0 Å². The van der Waals surface area contributed by atoms with Crippen LogP contribution in [0.25, 0.3) is 0 Å². The third kappa shape index (κ3) is 1.54. The highest BCUT2D eigenvalue weighted by molar-refractivity contribution is 6.12. The maximum absolute atomic E-state index is 12.7. The molecule has 0 amide bonds. The summed E-state index contributed by atoms with van der Waals surface area (Å²) >= 11 is 0. The molecule has 19 heavy (non-hydrogen) atoms. The van der Waals surface area contributed by atoms with Gasteiger partial charge in [-0.3, -0.25) is 4.79 Å². The van der Waals surface area contributed by atoms with E-state index in [1.165, 1.54) is 0 Å². The Morgan fingerprint density at radius 3 is 2.42 bits per heavy atom. The van der Waals surface area contributed by atoms with E-state index in [-0.39, 0.29) is 5.78 Å². The zero-order valence-corrected chi connectivity index (χ0v) is 10.5. The van der Waals surface area contributed by atoms with Crippen molar-refractivity contribution in [2.24, 2.45) is 0 Å².